The molecule has 0 fully saturated rings. The Balaban J connectivity index is 1.39. The van der Waals surface area contributed by atoms with Gasteiger partial charge in [-0.15, -0.1) is 11.3 Å². The van der Waals surface area contributed by atoms with Crippen molar-refractivity contribution >= 4 is 27.5 Å². The molecule has 4 rings (SSSR count). The Labute approximate surface area is 193 Å². The molecule has 1 aliphatic rings. The Kier molecular flexibility index (Phi) is 7.06. The maximum Gasteiger partial charge on any atom is 0.262 e. The van der Waals surface area contributed by atoms with Gasteiger partial charge in [-0.2, -0.15) is 0 Å². The maximum absolute atomic E-state index is 13.1. The van der Waals surface area contributed by atoms with Crippen molar-refractivity contribution in [1.29, 1.82) is 0 Å². The van der Waals surface area contributed by atoms with Gasteiger partial charge in [0.1, 0.15) is 4.83 Å². The van der Waals surface area contributed by atoms with Crippen LogP contribution in [0.15, 0.2) is 35.4 Å². The van der Waals surface area contributed by atoms with Gasteiger partial charge in [-0.3, -0.25) is 14.2 Å². The van der Waals surface area contributed by atoms with E-state index < -0.39 is 0 Å². The molecule has 2 heterocycles. The van der Waals surface area contributed by atoms with Crippen molar-refractivity contribution in [3.8, 4) is 0 Å². The van der Waals surface area contributed by atoms with Crippen molar-refractivity contribution in [2.45, 2.75) is 58.0 Å². The number of hydrogen-bond acceptors (Lipinski definition) is 5. The fourth-order valence-electron chi connectivity index (χ4n) is 4.44. The Morgan fingerprint density at radius 2 is 1.97 bits per heavy atom. The highest BCUT2D eigenvalue weighted by molar-refractivity contribution is 7.18. The largest absolute Gasteiger partial charge is 0.354 e. The van der Waals surface area contributed by atoms with Crippen LogP contribution < -0.4 is 10.9 Å². The number of likely N-dealkylation sites (N-methyl/N-ethyl adjacent to an activating group) is 1. The summed E-state index contributed by atoms with van der Waals surface area (Å²) in [6.07, 6.45) is 7.19. The molecule has 0 spiro atoms. The summed E-state index contributed by atoms with van der Waals surface area (Å²) < 4.78 is 1.59. The molecule has 1 aromatic carbocycles. The molecular formula is C25H32N4O2S. The minimum Gasteiger partial charge on any atom is -0.354 e. The highest BCUT2D eigenvalue weighted by Gasteiger charge is 2.20. The fourth-order valence-corrected chi connectivity index (χ4v) is 5.65. The number of aryl methyl sites for hydroxylation is 4. The quantitative estimate of drug-likeness (QED) is 0.566. The van der Waals surface area contributed by atoms with E-state index in [-0.39, 0.29) is 23.9 Å². The fraction of sp³-hybridized carbons (Fsp3) is 0.480. The molecule has 0 saturated carbocycles. The minimum atomic E-state index is -0.0543. The number of nitrogens with zero attached hydrogens (tertiary/aromatic N) is 3. The molecule has 1 amide bonds. The van der Waals surface area contributed by atoms with Crippen LogP contribution >= 0.6 is 11.3 Å². The zero-order valence-electron chi connectivity index (χ0n) is 19.2. The Hall–Kier alpha value is -2.51. The first kappa shape index (κ1) is 22.7. The van der Waals surface area contributed by atoms with Crippen LogP contribution in [0, 0.1) is 0 Å². The minimum absolute atomic E-state index is 0.00983. The highest BCUT2D eigenvalue weighted by atomic mass is 32.1. The molecule has 0 radical (unpaired) electrons. The van der Waals surface area contributed by atoms with Gasteiger partial charge in [0, 0.05) is 24.4 Å². The Morgan fingerprint density at radius 1 is 1.22 bits per heavy atom. The number of nitrogens with one attached hydrogen (secondary N) is 1. The molecule has 7 heteroatoms. The zero-order valence-corrected chi connectivity index (χ0v) is 20.0. The van der Waals surface area contributed by atoms with Crippen molar-refractivity contribution in [1.82, 2.24) is 19.8 Å². The van der Waals surface area contributed by atoms with Gasteiger partial charge in [-0.05, 0) is 62.9 Å². The average molecular weight is 453 g/mol. The van der Waals surface area contributed by atoms with E-state index in [1.54, 1.807) is 22.2 Å². The number of hydrogen-bond donors (Lipinski definition) is 1. The van der Waals surface area contributed by atoms with E-state index in [2.05, 4.69) is 46.4 Å². The first-order chi connectivity index (χ1) is 15.5. The van der Waals surface area contributed by atoms with Crippen molar-refractivity contribution < 1.29 is 4.79 Å². The molecule has 0 aliphatic heterocycles. The molecule has 3 aromatic rings. The molecule has 170 valence electrons. The third-order valence-corrected chi connectivity index (χ3v) is 7.61. The van der Waals surface area contributed by atoms with Gasteiger partial charge < -0.3 is 10.2 Å². The summed E-state index contributed by atoms with van der Waals surface area (Å²) in [5, 5.41) is 3.82. The van der Waals surface area contributed by atoms with E-state index >= 15 is 0 Å². The van der Waals surface area contributed by atoms with Crippen LogP contribution in [0.25, 0.3) is 10.2 Å². The van der Waals surface area contributed by atoms with Gasteiger partial charge in [0.05, 0.1) is 17.8 Å². The number of carbonyl (C=O) groups excluding carboxylic acids is 1. The lowest BCUT2D eigenvalue weighted by Gasteiger charge is -2.25. The molecule has 2 aromatic heterocycles. The lowest BCUT2D eigenvalue weighted by molar-refractivity contribution is -0.121. The molecule has 1 atom stereocenters. The van der Waals surface area contributed by atoms with Gasteiger partial charge >= 0.3 is 0 Å². The van der Waals surface area contributed by atoms with Crippen LogP contribution in [0.5, 0.6) is 0 Å². The normalized spacial score (nSPS) is 14.5. The third-order valence-electron chi connectivity index (χ3n) is 6.41. The Bertz CT molecular complexity index is 1150. The van der Waals surface area contributed by atoms with E-state index in [0.29, 0.717) is 13.1 Å². The number of amides is 1. The van der Waals surface area contributed by atoms with Crippen LogP contribution in [0.1, 0.15) is 53.8 Å². The number of rotatable bonds is 8. The molecule has 1 unspecified atom stereocenters. The SMILES string of the molecule is CCc1ccc(C(CNC(=O)CCn2cnc3sc4c(c3c2=O)CCCC4)N(C)C)cc1. The number of carbonyl (C=O) groups is 1. The summed E-state index contributed by atoms with van der Waals surface area (Å²) >= 11 is 1.65. The van der Waals surface area contributed by atoms with E-state index in [9.17, 15) is 9.59 Å². The van der Waals surface area contributed by atoms with Gasteiger partial charge in [0.25, 0.3) is 5.56 Å². The second-order valence-electron chi connectivity index (χ2n) is 8.76. The smallest absolute Gasteiger partial charge is 0.262 e. The van der Waals surface area contributed by atoms with Gasteiger partial charge in [-0.1, -0.05) is 31.2 Å². The van der Waals surface area contributed by atoms with Gasteiger partial charge in [-0.25, -0.2) is 4.98 Å². The molecule has 1 aliphatic carbocycles. The number of benzene rings is 1. The van der Waals surface area contributed by atoms with E-state index in [4.69, 9.17) is 0 Å². The number of fused-ring (bicyclic) bond motifs is 3. The van der Waals surface area contributed by atoms with E-state index in [1.807, 2.05) is 14.1 Å². The van der Waals surface area contributed by atoms with Crippen molar-refractivity contribution in [3.63, 3.8) is 0 Å². The molecule has 32 heavy (non-hydrogen) atoms. The lowest BCUT2D eigenvalue weighted by atomic mass is 9.97. The van der Waals surface area contributed by atoms with Crippen LogP contribution in [0.3, 0.4) is 0 Å². The summed E-state index contributed by atoms with van der Waals surface area (Å²) in [6, 6.07) is 8.66. The van der Waals surface area contributed by atoms with Crippen LogP contribution in [-0.2, 0) is 30.6 Å². The molecule has 6 nitrogen and oxygen atoms in total. The topological polar surface area (TPSA) is 67.2 Å². The molecule has 1 N–H and O–H groups in total. The first-order valence-electron chi connectivity index (χ1n) is 11.5. The molecule has 0 saturated heterocycles. The monoisotopic (exact) mass is 452 g/mol. The van der Waals surface area contributed by atoms with Crippen LogP contribution in [-0.4, -0.2) is 41.0 Å². The second-order valence-corrected chi connectivity index (χ2v) is 9.85. The number of aromatic nitrogens is 2. The predicted molar refractivity (Wildman–Crippen MR) is 130 cm³/mol. The highest BCUT2D eigenvalue weighted by Crippen LogP contribution is 2.33. The Morgan fingerprint density at radius 3 is 2.69 bits per heavy atom. The standard InChI is InChI=1S/C25H32N4O2S/c1-4-17-9-11-18(12-10-17)20(28(2)3)15-26-22(30)13-14-29-16-27-24-23(25(29)31)19-7-5-6-8-21(19)32-24/h9-12,16,20H,4-8,13-15H2,1-3H3,(H,26,30). The van der Waals surface area contributed by atoms with Crippen molar-refractivity contribution in [2.75, 3.05) is 20.6 Å². The first-order valence-corrected chi connectivity index (χ1v) is 12.3. The van der Waals surface area contributed by atoms with Crippen LogP contribution in [0.2, 0.25) is 0 Å². The summed E-state index contributed by atoms with van der Waals surface area (Å²) in [7, 11) is 4.04. The summed E-state index contributed by atoms with van der Waals surface area (Å²) in [6.45, 7) is 3.02. The van der Waals surface area contributed by atoms with Crippen molar-refractivity contribution in [2.24, 2.45) is 0 Å². The van der Waals surface area contributed by atoms with Gasteiger partial charge in [0.15, 0.2) is 0 Å². The van der Waals surface area contributed by atoms with Crippen LogP contribution in [0.4, 0.5) is 0 Å². The second kappa shape index (κ2) is 9.96. The van der Waals surface area contributed by atoms with E-state index in [0.717, 1.165) is 35.9 Å². The van der Waals surface area contributed by atoms with E-state index in [1.165, 1.54) is 28.0 Å². The lowest BCUT2D eigenvalue weighted by Crippen LogP contribution is -2.35. The summed E-state index contributed by atoms with van der Waals surface area (Å²) in [5.41, 5.74) is 3.67. The van der Waals surface area contributed by atoms with Crippen molar-refractivity contribution in [3.05, 3.63) is 62.5 Å². The third kappa shape index (κ3) is 4.79. The maximum atomic E-state index is 13.1. The number of thiophene rings is 1. The predicted octanol–water partition coefficient (Wildman–Crippen LogP) is 3.71. The molecular weight excluding hydrogens is 420 g/mol. The van der Waals surface area contributed by atoms with Gasteiger partial charge in [0.2, 0.25) is 5.91 Å². The summed E-state index contributed by atoms with van der Waals surface area (Å²) in [5.74, 6) is -0.0543. The summed E-state index contributed by atoms with van der Waals surface area (Å²) in [4.78, 5) is 34.4. The average Bonchev–Trinajstić information content (AvgIpc) is 3.18. The zero-order chi connectivity index (χ0) is 22.7. The molecule has 0 bridgehead atoms.